The third kappa shape index (κ3) is 5.50. The van der Waals surface area contributed by atoms with Crippen LogP contribution in [-0.4, -0.2) is 68.1 Å². The van der Waals surface area contributed by atoms with Crippen LogP contribution in [0.4, 0.5) is 11.4 Å². The van der Waals surface area contributed by atoms with Crippen LogP contribution in [0.2, 0.25) is 0 Å². The summed E-state index contributed by atoms with van der Waals surface area (Å²) in [5.41, 5.74) is -0.593. The lowest BCUT2D eigenvalue weighted by atomic mass is 10.2. The van der Waals surface area contributed by atoms with Gasteiger partial charge >= 0.3 is 5.97 Å². The van der Waals surface area contributed by atoms with Crippen LogP contribution in [-0.2, 0) is 24.3 Å². The van der Waals surface area contributed by atoms with E-state index in [-0.39, 0.29) is 16.3 Å². The van der Waals surface area contributed by atoms with Crippen molar-refractivity contribution in [3.8, 4) is 5.75 Å². The highest BCUT2D eigenvalue weighted by molar-refractivity contribution is 7.92. The predicted molar refractivity (Wildman–Crippen MR) is 110 cm³/mol. The monoisotopic (exact) mass is 465 g/mol. The zero-order valence-electron chi connectivity index (χ0n) is 16.6. The molecule has 170 valence electrons. The van der Waals surface area contributed by atoms with Gasteiger partial charge in [-0.1, -0.05) is 0 Å². The molecular weight excluding hydrogens is 446 g/mol. The van der Waals surface area contributed by atoms with Gasteiger partial charge in [0.2, 0.25) is 0 Å². The van der Waals surface area contributed by atoms with E-state index in [0.29, 0.717) is 26.3 Å². The first-order valence-electron chi connectivity index (χ1n) is 9.30. The van der Waals surface area contributed by atoms with E-state index in [4.69, 9.17) is 9.47 Å². The van der Waals surface area contributed by atoms with Crippen LogP contribution >= 0.6 is 0 Å². The average Bonchev–Trinajstić information content (AvgIpc) is 2.78. The quantitative estimate of drug-likeness (QED) is 0.346. The molecule has 2 N–H and O–H groups in total. The van der Waals surface area contributed by atoms with Crippen LogP contribution in [0.3, 0.4) is 0 Å². The number of hydrogen-bond acceptors (Lipinski definition) is 9. The van der Waals surface area contributed by atoms with Crippen LogP contribution in [0.5, 0.6) is 5.75 Å². The number of phenolic OH excluding ortho intramolecular Hbond substituents is 1. The number of rotatable bonds is 7. The van der Waals surface area contributed by atoms with Gasteiger partial charge in [-0.25, -0.2) is 13.2 Å². The molecule has 1 aliphatic heterocycles. The number of nitro benzene ring substituents is 1. The maximum absolute atomic E-state index is 12.6. The Morgan fingerprint density at radius 1 is 1.16 bits per heavy atom. The number of anilines is 1. The van der Waals surface area contributed by atoms with Crippen molar-refractivity contribution in [2.45, 2.75) is 4.90 Å². The molecule has 0 aliphatic carbocycles. The number of aromatic hydroxyl groups is 1. The molecule has 1 heterocycles. The van der Waals surface area contributed by atoms with E-state index in [1.807, 2.05) is 0 Å². The number of nitrogens with one attached hydrogen (secondary N) is 1. The van der Waals surface area contributed by atoms with Gasteiger partial charge in [0, 0.05) is 30.9 Å². The molecule has 0 saturated carbocycles. The van der Waals surface area contributed by atoms with E-state index in [2.05, 4.69) is 4.72 Å². The van der Waals surface area contributed by atoms with Gasteiger partial charge in [-0.3, -0.25) is 19.6 Å². The Balaban J connectivity index is 1.71. The first-order chi connectivity index (χ1) is 15.2. The second-order valence-electron chi connectivity index (χ2n) is 6.66. The Kier molecular flexibility index (Phi) is 6.90. The van der Waals surface area contributed by atoms with E-state index in [1.165, 1.54) is 17.0 Å². The maximum atomic E-state index is 12.6. The van der Waals surface area contributed by atoms with Gasteiger partial charge in [-0.05, 0) is 30.3 Å². The standard InChI is InChI=1S/C19H19N3O9S/c23-17-6-5-15(32(28,29)20-13-1-3-14(4-2-13)22(26)27)11-16(17)19(25)31-12-18(24)21-7-9-30-10-8-21/h1-6,11,20,23H,7-10,12H2. The zero-order chi connectivity index (χ0) is 23.3. The summed E-state index contributed by atoms with van der Waals surface area (Å²) < 4.78 is 37.6. The highest BCUT2D eigenvalue weighted by Gasteiger charge is 2.23. The third-order valence-corrected chi connectivity index (χ3v) is 5.90. The predicted octanol–water partition coefficient (Wildman–Crippen LogP) is 1.12. The number of amides is 1. The summed E-state index contributed by atoms with van der Waals surface area (Å²) in [7, 11) is -4.20. The summed E-state index contributed by atoms with van der Waals surface area (Å²) >= 11 is 0. The number of nitro groups is 1. The Bertz CT molecular complexity index is 1130. The molecule has 0 radical (unpaired) electrons. The van der Waals surface area contributed by atoms with Crippen molar-refractivity contribution < 1.29 is 37.5 Å². The van der Waals surface area contributed by atoms with E-state index >= 15 is 0 Å². The van der Waals surface area contributed by atoms with Crippen molar-refractivity contribution in [3.63, 3.8) is 0 Å². The summed E-state index contributed by atoms with van der Waals surface area (Å²) in [6.45, 7) is 0.911. The van der Waals surface area contributed by atoms with Crippen LogP contribution in [0.25, 0.3) is 0 Å². The number of esters is 1. The van der Waals surface area contributed by atoms with Crippen molar-refractivity contribution in [2.24, 2.45) is 0 Å². The van der Waals surface area contributed by atoms with E-state index in [9.17, 15) is 33.2 Å². The zero-order valence-corrected chi connectivity index (χ0v) is 17.4. The lowest BCUT2D eigenvalue weighted by molar-refractivity contribution is -0.384. The Labute approximate surface area is 182 Å². The van der Waals surface area contributed by atoms with E-state index in [0.717, 1.165) is 30.3 Å². The Morgan fingerprint density at radius 3 is 2.44 bits per heavy atom. The lowest BCUT2D eigenvalue weighted by Crippen LogP contribution is -2.42. The van der Waals surface area contributed by atoms with Crippen molar-refractivity contribution >= 4 is 33.3 Å². The molecule has 2 aromatic rings. The van der Waals surface area contributed by atoms with Crippen molar-refractivity contribution in [3.05, 3.63) is 58.1 Å². The summed E-state index contributed by atoms with van der Waals surface area (Å²) in [6, 6.07) is 7.66. The molecule has 2 aromatic carbocycles. The molecule has 1 saturated heterocycles. The minimum absolute atomic E-state index is 0.0592. The maximum Gasteiger partial charge on any atom is 0.342 e. The first kappa shape index (κ1) is 23.0. The Hall–Kier alpha value is -3.71. The number of sulfonamides is 1. The average molecular weight is 465 g/mol. The molecule has 12 nitrogen and oxygen atoms in total. The fraction of sp³-hybridized carbons (Fsp3) is 0.263. The van der Waals surface area contributed by atoms with Crippen LogP contribution in [0.15, 0.2) is 47.4 Å². The highest BCUT2D eigenvalue weighted by Crippen LogP contribution is 2.25. The number of carbonyl (C=O) groups excluding carboxylic acids is 2. The van der Waals surface area contributed by atoms with Gasteiger partial charge in [0.25, 0.3) is 21.6 Å². The van der Waals surface area contributed by atoms with Crippen molar-refractivity contribution in [1.29, 1.82) is 0 Å². The van der Waals surface area contributed by atoms with Crippen molar-refractivity contribution in [2.75, 3.05) is 37.6 Å². The second-order valence-corrected chi connectivity index (χ2v) is 8.34. The van der Waals surface area contributed by atoms with Gasteiger partial charge in [-0.2, -0.15) is 0 Å². The largest absolute Gasteiger partial charge is 0.507 e. The molecule has 1 fully saturated rings. The van der Waals surface area contributed by atoms with Gasteiger partial charge < -0.3 is 19.5 Å². The topological polar surface area (TPSA) is 165 Å². The number of morpholine rings is 1. The molecular formula is C19H19N3O9S. The number of ether oxygens (including phenoxy) is 2. The summed E-state index contributed by atoms with van der Waals surface area (Å²) in [6.07, 6.45) is 0. The molecule has 0 spiro atoms. The molecule has 1 amide bonds. The number of hydrogen-bond donors (Lipinski definition) is 2. The summed E-state index contributed by atoms with van der Waals surface area (Å²) in [4.78, 5) is 35.6. The van der Waals surface area contributed by atoms with Crippen molar-refractivity contribution in [1.82, 2.24) is 4.90 Å². The molecule has 13 heteroatoms. The number of carbonyl (C=O) groups is 2. The van der Waals surface area contributed by atoms with Gasteiger partial charge in [0.1, 0.15) is 11.3 Å². The molecule has 0 bridgehead atoms. The number of benzene rings is 2. The minimum atomic E-state index is -4.20. The van der Waals surface area contributed by atoms with E-state index in [1.54, 1.807) is 0 Å². The second kappa shape index (κ2) is 9.62. The highest BCUT2D eigenvalue weighted by atomic mass is 32.2. The number of nitrogens with zero attached hydrogens (tertiary/aromatic N) is 2. The van der Waals surface area contributed by atoms with E-state index < -0.39 is 44.7 Å². The minimum Gasteiger partial charge on any atom is -0.507 e. The molecule has 1 aliphatic rings. The summed E-state index contributed by atoms with van der Waals surface area (Å²) in [5.74, 6) is -2.04. The fourth-order valence-corrected chi connectivity index (χ4v) is 3.90. The SMILES string of the molecule is O=C(OCC(=O)N1CCOCC1)c1cc(S(=O)(=O)Nc2ccc([N+](=O)[O-])cc2)ccc1O. The number of non-ortho nitro benzene ring substituents is 1. The fourth-order valence-electron chi connectivity index (χ4n) is 2.82. The molecule has 0 aromatic heterocycles. The first-order valence-corrected chi connectivity index (χ1v) is 10.8. The Morgan fingerprint density at radius 2 is 1.81 bits per heavy atom. The molecule has 0 atom stereocenters. The molecule has 3 rings (SSSR count). The lowest BCUT2D eigenvalue weighted by Gasteiger charge is -2.26. The normalized spacial score (nSPS) is 13.9. The number of phenols is 1. The molecule has 0 unspecified atom stereocenters. The van der Waals surface area contributed by atoms with Crippen LogP contribution in [0, 0.1) is 10.1 Å². The summed E-state index contributed by atoms with van der Waals surface area (Å²) in [5, 5.41) is 20.7. The van der Waals surface area contributed by atoms with Gasteiger partial charge in [0.15, 0.2) is 6.61 Å². The third-order valence-electron chi connectivity index (χ3n) is 4.52. The molecule has 32 heavy (non-hydrogen) atoms. The van der Waals surface area contributed by atoms with Gasteiger partial charge in [0.05, 0.1) is 23.0 Å². The van der Waals surface area contributed by atoms with Crippen LogP contribution in [0.1, 0.15) is 10.4 Å². The smallest absolute Gasteiger partial charge is 0.342 e. The van der Waals surface area contributed by atoms with Crippen LogP contribution < -0.4 is 4.72 Å². The van der Waals surface area contributed by atoms with Gasteiger partial charge in [-0.15, -0.1) is 0 Å².